The summed E-state index contributed by atoms with van der Waals surface area (Å²) in [5.41, 5.74) is 3.41. The molecule has 170 valence electrons. The van der Waals surface area contributed by atoms with Crippen molar-refractivity contribution in [3.05, 3.63) is 86.4 Å². The lowest BCUT2D eigenvalue weighted by Gasteiger charge is -2.39. The van der Waals surface area contributed by atoms with Gasteiger partial charge in [0.25, 0.3) is 11.6 Å². The molecule has 1 aliphatic carbocycles. The highest BCUT2D eigenvalue weighted by atomic mass is 16.6. The Morgan fingerprint density at radius 1 is 1.21 bits per heavy atom. The molecule has 1 atom stereocenters. The number of Topliss-reactive ketones (excluding diaryl/α,β-unsaturated/α-hetero) is 1. The number of nitro groups is 1. The summed E-state index contributed by atoms with van der Waals surface area (Å²) in [5, 5.41) is 17.6. The zero-order valence-corrected chi connectivity index (χ0v) is 19.1. The van der Waals surface area contributed by atoms with E-state index in [-0.39, 0.29) is 16.9 Å². The predicted molar refractivity (Wildman–Crippen MR) is 124 cm³/mol. The molecule has 2 heterocycles. The van der Waals surface area contributed by atoms with Gasteiger partial charge in [-0.1, -0.05) is 26.0 Å². The molecule has 0 fully saturated rings. The van der Waals surface area contributed by atoms with Crippen LogP contribution in [0.3, 0.4) is 0 Å². The summed E-state index contributed by atoms with van der Waals surface area (Å²) >= 11 is 0. The third-order valence-corrected chi connectivity index (χ3v) is 6.06. The highest BCUT2D eigenvalue weighted by Crippen LogP contribution is 2.47. The summed E-state index contributed by atoms with van der Waals surface area (Å²) in [6, 6.07) is 9.74. The van der Waals surface area contributed by atoms with Crippen molar-refractivity contribution in [3.63, 3.8) is 0 Å². The van der Waals surface area contributed by atoms with E-state index in [1.54, 1.807) is 31.3 Å². The Bertz CT molecular complexity index is 1240. The number of aryl methyl sites for hydroxylation is 1. The molecule has 1 amide bonds. The van der Waals surface area contributed by atoms with Gasteiger partial charge in [0.15, 0.2) is 5.78 Å². The molecule has 1 aromatic heterocycles. The number of nitro benzene ring substituents is 1. The Morgan fingerprint density at radius 3 is 2.67 bits per heavy atom. The third kappa shape index (κ3) is 4.41. The molecule has 1 aromatic carbocycles. The molecule has 8 nitrogen and oxygen atoms in total. The molecule has 0 bridgehead atoms. The lowest BCUT2D eigenvalue weighted by atomic mass is 9.68. The van der Waals surface area contributed by atoms with Gasteiger partial charge in [-0.05, 0) is 48.9 Å². The number of rotatable bonds is 4. The molecule has 2 aromatic rings. The number of pyridine rings is 1. The Kier molecular flexibility index (Phi) is 5.61. The molecule has 2 aliphatic rings. The molecule has 1 aliphatic heterocycles. The van der Waals surface area contributed by atoms with Crippen molar-refractivity contribution in [3.8, 4) is 0 Å². The van der Waals surface area contributed by atoms with Gasteiger partial charge < -0.3 is 10.6 Å². The van der Waals surface area contributed by atoms with Gasteiger partial charge in [0.2, 0.25) is 0 Å². The molecular formula is C25H26N4O4. The lowest BCUT2D eigenvalue weighted by Crippen LogP contribution is -2.39. The van der Waals surface area contributed by atoms with Crippen molar-refractivity contribution in [1.82, 2.24) is 10.3 Å². The van der Waals surface area contributed by atoms with Crippen molar-refractivity contribution in [1.29, 1.82) is 0 Å². The van der Waals surface area contributed by atoms with Crippen LogP contribution in [0.15, 0.2) is 65.1 Å². The summed E-state index contributed by atoms with van der Waals surface area (Å²) < 4.78 is 0. The minimum atomic E-state index is -0.713. The molecule has 33 heavy (non-hydrogen) atoms. The SMILES string of the molecule is CC1=C(C(=O)Nc2cc(C)ccn2)C(c2cccc([N+](=O)[O-])c2)C2=C(CC(C)(C)CC2=O)N1. The van der Waals surface area contributed by atoms with Crippen LogP contribution in [0.25, 0.3) is 0 Å². The monoisotopic (exact) mass is 446 g/mol. The van der Waals surface area contributed by atoms with Crippen LogP contribution in [0.4, 0.5) is 11.5 Å². The van der Waals surface area contributed by atoms with Crippen LogP contribution in [0, 0.1) is 22.5 Å². The Labute approximate surface area is 192 Å². The van der Waals surface area contributed by atoms with E-state index in [2.05, 4.69) is 15.6 Å². The molecule has 0 saturated heterocycles. The summed E-state index contributed by atoms with van der Waals surface area (Å²) in [5.74, 6) is -0.779. The summed E-state index contributed by atoms with van der Waals surface area (Å²) in [7, 11) is 0. The summed E-state index contributed by atoms with van der Waals surface area (Å²) in [6.45, 7) is 7.75. The van der Waals surface area contributed by atoms with Gasteiger partial charge in [-0.25, -0.2) is 4.98 Å². The quantitative estimate of drug-likeness (QED) is 0.526. The zero-order chi connectivity index (χ0) is 23.9. The van der Waals surface area contributed by atoms with Crippen LogP contribution in [-0.4, -0.2) is 21.6 Å². The van der Waals surface area contributed by atoms with Crippen molar-refractivity contribution in [2.45, 2.75) is 46.5 Å². The second kappa shape index (κ2) is 8.27. The average molecular weight is 447 g/mol. The number of allylic oxidation sites excluding steroid dienone is 3. The number of nitrogens with zero attached hydrogens (tertiary/aromatic N) is 2. The largest absolute Gasteiger partial charge is 0.362 e. The number of benzene rings is 1. The number of carbonyl (C=O) groups is 2. The van der Waals surface area contributed by atoms with E-state index >= 15 is 0 Å². The fraction of sp³-hybridized carbons (Fsp3) is 0.320. The molecule has 2 N–H and O–H groups in total. The number of nitrogens with one attached hydrogen (secondary N) is 2. The molecule has 0 spiro atoms. The average Bonchev–Trinajstić information content (AvgIpc) is 2.71. The minimum Gasteiger partial charge on any atom is -0.362 e. The molecule has 0 radical (unpaired) electrons. The fourth-order valence-corrected chi connectivity index (χ4v) is 4.68. The maximum absolute atomic E-state index is 13.5. The zero-order valence-electron chi connectivity index (χ0n) is 19.1. The topological polar surface area (TPSA) is 114 Å². The first kappa shape index (κ1) is 22.4. The molecule has 0 saturated carbocycles. The number of ketones is 1. The first-order valence-corrected chi connectivity index (χ1v) is 10.8. The maximum Gasteiger partial charge on any atom is 0.269 e. The summed E-state index contributed by atoms with van der Waals surface area (Å²) in [6.07, 6.45) is 2.59. The van der Waals surface area contributed by atoms with E-state index in [0.717, 1.165) is 11.3 Å². The van der Waals surface area contributed by atoms with E-state index in [4.69, 9.17) is 0 Å². The van der Waals surface area contributed by atoms with Crippen LogP contribution >= 0.6 is 0 Å². The van der Waals surface area contributed by atoms with Gasteiger partial charge >= 0.3 is 0 Å². The lowest BCUT2D eigenvalue weighted by molar-refractivity contribution is -0.384. The number of anilines is 1. The van der Waals surface area contributed by atoms with Gasteiger partial charge in [-0.2, -0.15) is 0 Å². The molecule has 1 unspecified atom stereocenters. The van der Waals surface area contributed by atoms with Crippen LogP contribution in [0.5, 0.6) is 0 Å². The highest BCUT2D eigenvalue weighted by Gasteiger charge is 2.43. The number of carbonyl (C=O) groups excluding carboxylic acids is 2. The Balaban J connectivity index is 1.84. The van der Waals surface area contributed by atoms with Gasteiger partial charge in [0.05, 0.1) is 4.92 Å². The van der Waals surface area contributed by atoms with Crippen molar-refractivity contribution in [2.24, 2.45) is 5.41 Å². The highest BCUT2D eigenvalue weighted by molar-refractivity contribution is 6.09. The van der Waals surface area contributed by atoms with Gasteiger partial charge in [0.1, 0.15) is 5.82 Å². The maximum atomic E-state index is 13.5. The third-order valence-electron chi connectivity index (χ3n) is 6.06. The normalized spacial score (nSPS) is 19.6. The first-order valence-electron chi connectivity index (χ1n) is 10.8. The second-order valence-corrected chi connectivity index (χ2v) is 9.45. The number of hydrogen-bond acceptors (Lipinski definition) is 6. The number of non-ortho nitro benzene ring substituents is 1. The van der Waals surface area contributed by atoms with E-state index in [1.807, 2.05) is 26.8 Å². The van der Waals surface area contributed by atoms with E-state index in [0.29, 0.717) is 41.1 Å². The molecule has 8 heteroatoms. The van der Waals surface area contributed by atoms with E-state index in [9.17, 15) is 19.7 Å². The second-order valence-electron chi connectivity index (χ2n) is 9.45. The van der Waals surface area contributed by atoms with Gasteiger partial charge in [-0.3, -0.25) is 19.7 Å². The van der Waals surface area contributed by atoms with Gasteiger partial charge in [0, 0.05) is 53.2 Å². The minimum absolute atomic E-state index is 0.0586. The number of amides is 1. The summed E-state index contributed by atoms with van der Waals surface area (Å²) in [4.78, 5) is 42.0. The first-order chi connectivity index (χ1) is 15.6. The van der Waals surface area contributed by atoms with Crippen LogP contribution in [0.2, 0.25) is 0 Å². The Hall–Kier alpha value is -3.81. The number of hydrogen-bond donors (Lipinski definition) is 2. The van der Waals surface area contributed by atoms with Crippen LogP contribution in [-0.2, 0) is 9.59 Å². The smallest absolute Gasteiger partial charge is 0.269 e. The van der Waals surface area contributed by atoms with Crippen molar-refractivity contribution in [2.75, 3.05) is 5.32 Å². The van der Waals surface area contributed by atoms with Crippen molar-refractivity contribution >= 4 is 23.2 Å². The number of aromatic nitrogens is 1. The van der Waals surface area contributed by atoms with E-state index < -0.39 is 16.7 Å². The van der Waals surface area contributed by atoms with Crippen LogP contribution in [0.1, 0.15) is 50.7 Å². The fourth-order valence-electron chi connectivity index (χ4n) is 4.68. The number of dihydropyridines is 1. The molecule has 4 rings (SSSR count). The standard InChI is InChI=1S/C25H26N4O4/c1-14-8-9-26-20(10-14)28-24(31)21-15(2)27-18-12-25(3,4)13-19(30)23(18)22(21)16-6-5-7-17(11-16)29(32)33/h5-11,22,27H,12-13H2,1-4H3,(H,26,28,31). The van der Waals surface area contributed by atoms with Gasteiger partial charge in [-0.15, -0.1) is 0 Å². The van der Waals surface area contributed by atoms with E-state index in [1.165, 1.54) is 12.1 Å². The molecular weight excluding hydrogens is 420 g/mol. The van der Waals surface area contributed by atoms with Crippen molar-refractivity contribution < 1.29 is 14.5 Å². The predicted octanol–water partition coefficient (Wildman–Crippen LogP) is 4.54. The van der Waals surface area contributed by atoms with Crippen LogP contribution < -0.4 is 10.6 Å². The Morgan fingerprint density at radius 2 is 1.97 bits per heavy atom.